The van der Waals surface area contributed by atoms with Crippen LogP contribution in [0.4, 0.5) is 0 Å². The van der Waals surface area contributed by atoms with Crippen molar-refractivity contribution in [3.63, 3.8) is 0 Å². The van der Waals surface area contributed by atoms with Crippen LogP contribution in [0.5, 0.6) is 0 Å². The van der Waals surface area contributed by atoms with Gasteiger partial charge in [-0.25, -0.2) is 0 Å². The third kappa shape index (κ3) is 2.58. The fourth-order valence-corrected chi connectivity index (χ4v) is 1.66. The molecule has 1 aromatic rings. The molecule has 1 rings (SSSR count). The van der Waals surface area contributed by atoms with Crippen LogP contribution in [0.25, 0.3) is 0 Å². The highest BCUT2D eigenvalue weighted by Gasteiger charge is 2.19. The summed E-state index contributed by atoms with van der Waals surface area (Å²) < 4.78 is 4.79. The molecule has 0 spiro atoms. The summed E-state index contributed by atoms with van der Waals surface area (Å²) in [6.07, 6.45) is 0.773. The minimum absolute atomic E-state index is 0.130. The van der Waals surface area contributed by atoms with Gasteiger partial charge in [0, 0.05) is 0 Å². The van der Waals surface area contributed by atoms with E-state index in [1.54, 1.807) is 0 Å². The van der Waals surface area contributed by atoms with Gasteiger partial charge >= 0.3 is 5.97 Å². The van der Waals surface area contributed by atoms with Crippen molar-refractivity contribution in [1.82, 2.24) is 0 Å². The van der Waals surface area contributed by atoms with E-state index < -0.39 is 0 Å². The molecule has 0 aliphatic heterocycles. The van der Waals surface area contributed by atoms with Gasteiger partial charge in [-0.05, 0) is 37.0 Å². The number of benzene rings is 1. The number of esters is 1. The van der Waals surface area contributed by atoms with Crippen LogP contribution in [0.1, 0.15) is 36.0 Å². The minimum Gasteiger partial charge on any atom is -0.469 e. The second-order valence-electron chi connectivity index (χ2n) is 3.83. The zero-order valence-corrected chi connectivity index (χ0v) is 9.83. The monoisotopic (exact) mass is 206 g/mol. The van der Waals surface area contributed by atoms with Crippen molar-refractivity contribution in [2.24, 2.45) is 0 Å². The van der Waals surface area contributed by atoms with Gasteiger partial charge in [-0.2, -0.15) is 0 Å². The number of rotatable bonds is 3. The first-order chi connectivity index (χ1) is 7.10. The molecule has 0 saturated heterocycles. The molecule has 1 unspecified atom stereocenters. The number of carbonyl (C=O) groups is 1. The Morgan fingerprint density at radius 3 is 2.47 bits per heavy atom. The Balaban J connectivity index is 3.02. The maximum atomic E-state index is 11.5. The van der Waals surface area contributed by atoms with E-state index in [0.29, 0.717) is 0 Å². The topological polar surface area (TPSA) is 26.3 Å². The maximum absolute atomic E-state index is 11.5. The number of hydrogen-bond acceptors (Lipinski definition) is 2. The van der Waals surface area contributed by atoms with Gasteiger partial charge in [0.1, 0.15) is 0 Å². The van der Waals surface area contributed by atoms with Crippen molar-refractivity contribution < 1.29 is 9.53 Å². The summed E-state index contributed by atoms with van der Waals surface area (Å²) in [6, 6.07) is 6.13. The Morgan fingerprint density at radius 2 is 2.00 bits per heavy atom. The number of hydrogen-bond donors (Lipinski definition) is 0. The highest BCUT2D eigenvalue weighted by atomic mass is 16.5. The van der Waals surface area contributed by atoms with Gasteiger partial charge in [-0.1, -0.05) is 25.1 Å². The molecule has 0 radical (unpaired) electrons. The van der Waals surface area contributed by atoms with E-state index in [2.05, 4.69) is 26.0 Å². The van der Waals surface area contributed by atoms with Crippen LogP contribution >= 0.6 is 0 Å². The third-order valence-corrected chi connectivity index (χ3v) is 2.83. The van der Waals surface area contributed by atoms with E-state index in [1.165, 1.54) is 18.2 Å². The summed E-state index contributed by atoms with van der Waals surface area (Å²) >= 11 is 0. The van der Waals surface area contributed by atoms with Gasteiger partial charge in [-0.3, -0.25) is 4.79 Å². The van der Waals surface area contributed by atoms with E-state index in [-0.39, 0.29) is 11.9 Å². The van der Waals surface area contributed by atoms with Crippen LogP contribution in [-0.4, -0.2) is 13.1 Å². The van der Waals surface area contributed by atoms with Crippen molar-refractivity contribution in [1.29, 1.82) is 0 Å². The number of methoxy groups -OCH3 is 1. The molecule has 0 N–H and O–H groups in total. The van der Waals surface area contributed by atoms with Crippen molar-refractivity contribution in [2.75, 3.05) is 7.11 Å². The average Bonchev–Trinajstić information content (AvgIpc) is 2.24. The zero-order valence-electron chi connectivity index (χ0n) is 9.83. The van der Waals surface area contributed by atoms with E-state index in [0.717, 1.165) is 12.0 Å². The quantitative estimate of drug-likeness (QED) is 0.711. The van der Waals surface area contributed by atoms with Crippen LogP contribution in [0.2, 0.25) is 0 Å². The second-order valence-corrected chi connectivity index (χ2v) is 3.83. The second kappa shape index (κ2) is 4.96. The molecule has 0 aromatic heterocycles. The molecule has 2 nitrogen and oxygen atoms in total. The molecule has 0 saturated carbocycles. The first-order valence-corrected chi connectivity index (χ1v) is 5.25. The fraction of sp³-hybridized carbons (Fsp3) is 0.462. The molecule has 0 fully saturated rings. The van der Waals surface area contributed by atoms with Gasteiger partial charge in [-0.15, -0.1) is 0 Å². The zero-order chi connectivity index (χ0) is 11.4. The van der Waals surface area contributed by atoms with Crippen LogP contribution in [-0.2, 0) is 9.53 Å². The van der Waals surface area contributed by atoms with Gasteiger partial charge < -0.3 is 4.74 Å². The molecular formula is C13H18O2. The van der Waals surface area contributed by atoms with E-state index in [4.69, 9.17) is 4.74 Å². The lowest BCUT2D eigenvalue weighted by Crippen LogP contribution is -2.13. The molecule has 0 aliphatic rings. The first kappa shape index (κ1) is 11.8. The standard InChI is InChI=1S/C13H18O2/c1-5-12(13(14)15-4)11-7-6-9(2)10(3)8-11/h6-8,12H,5H2,1-4H3. The fourth-order valence-electron chi connectivity index (χ4n) is 1.66. The van der Waals surface area contributed by atoms with Crippen molar-refractivity contribution in [3.05, 3.63) is 34.9 Å². The lowest BCUT2D eigenvalue weighted by molar-refractivity contribution is -0.142. The normalized spacial score (nSPS) is 12.3. The summed E-state index contributed by atoms with van der Waals surface area (Å²) in [7, 11) is 1.44. The largest absolute Gasteiger partial charge is 0.469 e. The van der Waals surface area contributed by atoms with Crippen molar-refractivity contribution in [3.8, 4) is 0 Å². The van der Waals surface area contributed by atoms with Gasteiger partial charge in [0.25, 0.3) is 0 Å². The SMILES string of the molecule is CCC(C(=O)OC)c1ccc(C)c(C)c1. The number of aryl methyl sites for hydroxylation is 2. The van der Waals surface area contributed by atoms with Crippen molar-refractivity contribution in [2.45, 2.75) is 33.1 Å². The van der Waals surface area contributed by atoms with E-state index in [9.17, 15) is 4.79 Å². The number of carbonyl (C=O) groups excluding carboxylic acids is 1. The lowest BCUT2D eigenvalue weighted by atomic mass is 9.94. The maximum Gasteiger partial charge on any atom is 0.313 e. The summed E-state index contributed by atoms with van der Waals surface area (Å²) in [5.74, 6) is -0.282. The Morgan fingerprint density at radius 1 is 1.33 bits per heavy atom. The summed E-state index contributed by atoms with van der Waals surface area (Å²) in [5, 5.41) is 0. The Hall–Kier alpha value is -1.31. The van der Waals surface area contributed by atoms with Crippen LogP contribution in [0.3, 0.4) is 0 Å². The Kier molecular flexibility index (Phi) is 3.89. The van der Waals surface area contributed by atoms with Crippen LogP contribution in [0.15, 0.2) is 18.2 Å². The summed E-state index contributed by atoms with van der Waals surface area (Å²) in [5.41, 5.74) is 3.51. The van der Waals surface area contributed by atoms with Crippen molar-refractivity contribution >= 4 is 5.97 Å². The Bertz CT molecular complexity index is 356. The van der Waals surface area contributed by atoms with E-state index in [1.807, 2.05) is 13.0 Å². The molecule has 0 heterocycles. The molecule has 1 aromatic carbocycles. The Labute approximate surface area is 91.3 Å². The highest BCUT2D eigenvalue weighted by Crippen LogP contribution is 2.23. The average molecular weight is 206 g/mol. The number of ether oxygens (including phenoxy) is 1. The van der Waals surface area contributed by atoms with Crippen LogP contribution in [0, 0.1) is 13.8 Å². The third-order valence-electron chi connectivity index (χ3n) is 2.83. The molecule has 1 atom stereocenters. The summed E-state index contributed by atoms with van der Waals surface area (Å²) in [6.45, 7) is 6.12. The smallest absolute Gasteiger partial charge is 0.313 e. The predicted octanol–water partition coefficient (Wildman–Crippen LogP) is 2.97. The van der Waals surface area contributed by atoms with Gasteiger partial charge in [0.2, 0.25) is 0 Å². The molecule has 0 aliphatic carbocycles. The minimum atomic E-state index is -0.152. The molecule has 15 heavy (non-hydrogen) atoms. The molecule has 2 heteroatoms. The highest BCUT2D eigenvalue weighted by molar-refractivity contribution is 5.78. The predicted molar refractivity (Wildman–Crippen MR) is 61.0 cm³/mol. The molecule has 0 amide bonds. The lowest BCUT2D eigenvalue weighted by Gasteiger charge is -2.14. The van der Waals surface area contributed by atoms with Gasteiger partial charge in [0.15, 0.2) is 0 Å². The molecular weight excluding hydrogens is 188 g/mol. The van der Waals surface area contributed by atoms with Gasteiger partial charge in [0.05, 0.1) is 13.0 Å². The summed E-state index contributed by atoms with van der Waals surface area (Å²) in [4.78, 5) is 11.5. The van der Waals surface area contributed by atoms with Crippen LogP contribution < -0.4 is 0 Å². The molecule has 82 valence electrons. The first-order valence-electron chi connectivity index (χ1n) is 5.25. The van der Waals surface area contributed by atoms with E-state index >= 15 is 0 Å². The molecule has 0 bridgehead atoms.